The second-order valence-electron chi connectivity index (χ2n) is 7.03. The Morgan fingerprint density at radius 2 is 1.97 bits per heavy atom. The molecule has 0 saturated carbocycles. The number of phenolic OH excluding ortho intramolecular Hbond substituents is 1. The van der Waals surface area contributed by atoms with Crippen molar-refractivity contribution in [2.24, 2.45) is 0 Å². The van der Waals surface area contributed by atoms with E-state index < -0.39 is 11.1 Å². The van der Waals surface area contributed by atoms with E-state index >= 15 is 0 Å². The number of hydrogen-bond acceptors (Lipinski definition) is 6. The van der Waals surface area contributed by atoms with Crippen LogP contribution in [0.15, 0.2) is 47.4 Å². The molecule has 2 aromatic rings. The van der Waals surface area contributed by atoms with Gasteiger partial charge >= 0.3 is 0 Å². The topological polar surface area (TPSA) is 87.2 Å². The molecule has 3 amide bonds. The summed E-state index contributed by atoms with van der Waals surface area (Å²) in [6.45, 7) is 0.761. The number of imide groups is 1. The normalized spacial score (nSPS) is 17.4. The summed E-state index contributed by atoms with van der Waals surface area (Å²) in [6.07, 6.45) is 2.27. The summed E-state index contributed by atoms with van der Waals surface area (Å²) < 4.78 is 5.00. The first-order valence-electron chi connectivity index (χ1n) is 9.43. The van der Waals surface area contributed by atoms with E-state index in [1.165, 1.54) is 24.8 Å². The van der Waals surface area contributed by atoms with Crippen LogP contribution in [0, 0.1) is 0 Å². The largest absolute Gasteiger partial charge is 0.504 e. The monoisotopic (exact) mass is 424 g/mol. The van der Waals surface area contributed by atoms with Gasteiger partial charge in [0.25, 0.3) is 11.1 Å². The average Bonchev–Trinajstić information content (AvgIpc) is 3.00. The molecule has 2 aliphatic heterocycles. The van der Waals surface area contributed by atoms with Crippen LogP contribution in [0.2, 0.25) is 0 Å². The predicted octanol–water partition coefficient (Wildman–Crippen LogP) is 3.02. The number of carbonyl (C=O) groups excluding carboxylic acids is 3. The highest BCUT2D eigenvalue weighted by molar-refractivity contribution is 8.18. The van der Waals surface area contributed by atoms with Crippen LogP contribution >= 0.6 is 11.8 Å². The number of carbonyl (C=O) groups is 3. The van der Waals surface area contributed by atoms with Crippen LogP contribution in [0.3, 0.4) is 0 Å². The zero-order valence-corrected chi connectivity index (χ0v) is 17.1. The van der Waals surface area contributed by atoms with Crippen molar-refractivity contribution in [1.29, 1.82) is 0 Å². The zero-order chi connectivity index (χ0) is 21.3. The molecule has 0 atom stereocenters. The molecule has 1 N–H and O–H groups in total. The maximum absolute atomic E-state index is 12.7. The van der Waals surface area contributed by atoms with Gasteiger partial charge in [0.05, 0.1) is 12.0 Å². The lowest BCUT2D eigenvalue weighted by molar-refractivity contribution is -0.136. The van der Waals surface area contributed by atoms with E-state index in [9.17, 15) is 19.5 Å². The Morgan fingerprint density at radius 1 is 1.20 bits per heavy atom. The van der Waals surface area contributed by atoms with Crippen LogP contribution in [0.4, 0.5) is 4.79 Å². The van der Waals surface area contributed by atoms with E-state index in [1.54, 1.807) is 17.0 Å². The van der Waals surface area contributed by atoms with Crippen LogP contribution in [-0.4, -0.2) is 52.2 Å². The Kier molecular flexibility index (Phi) is 5.50. The molecule has 0 bridgehead atoms. The molecule has 1 saturated heterocycles. The van der Waals surface area contributed by atoms with Gasteiger partial charge in [-0.3, -0.25) is 19.3 Å². The first-order chi connectivity index (χ1) is 14.5. The number of hydrogen-bond donors (Lipinski definition) is 1. The minimum absolute atomic E-state index is 0.0639. The van der Waals surface area contributed by atoms with Gasteiger partial charge in [-0.2, -0.15) is 0 Å². The predicted molar refractivity (Wildman–Crippen MR) is 113 cm³/mol. The van der Waals surface area contributed by atoms with Gasteiger partial charge in [-0.05, 0) is 53.1 Å². The summed E-state index contributed by atoms with van der Waals surface area (Å²) in [7, 11) is 1.44. The Balaban J connectivity index is 1.45. The molecule has 1 fully saturated rings. The molecule has 7 nitrogen and oxygen atoms in total. The van der Waals surface area contributed by atoms with E-state index in [4.69, 9.17) is 4.74 Å². The van der Waals surface area contributed by atoms with Crippen LogP contribution in [-0.2, 0) is 22.6 Å². The molecule has 8 heteroatoms. The van der Waals surface area contributed by atoms with Gasteiger partial charge in [0.2, 0.25) is 5.91 Å². The number of aromatic hydroxyl groups is 1. The van der Waals surface area contributed by atoms with Crippen molar-refractivity contribution < 1.29 is 24.2 Å². The molecule has 0 unspecified atom stereocenters. The minimum atomic E-state index is -0.508. The lowest BCUT2D eigenvalue weighted by Crippen LogP contribution is -2.44. The summed E-state index contributed by atoms with van der Waals surface area (Å²) in [5.74, 6) is -0.513. The molecule has 0 radical (unpaired) electrons. The van der Waals surface area contributed by atoms with Crippen molar-refractivity contribution in [3.8, 4) is 11.5 Å². The van der Waals surface area contributed by atoms with Gasteiger partial charge in [-0.15, -0.1) is 0 Å². The minimum Gasteiger partial charge on any atom is -0.504 e. The van der Waals surface area contributed by atoms with Crippen molar-refractivity contribution in [3.63, 3.8) is 0 Å². The number of thioether (sulfide) groups is 1. The number of phenols is 1. The van der Waals surface area contributed by atoms with Crippen LogP contribution in [0.1, 0.15) is 16.7 Å². The fourth-order valence-electron chi connectivity index (χ4n) is 3.53. The Labute approximate surface area is 177 Å². The summed E-state index contributed by atoms with van der Waals surface area (Å²) in [5.41, 5.74) is 2.86. The van der Waals surface area contributed by atoms with Crippen molar-refractivity contribution >= 4 is 34.9 Å². The summed E-state index contributed by atoms with van der Waals surface area (Å²) >= 11 is 0.785. The number of benzene rings is 2. The highest BCUT2D eigenvalue weighted by Crippen LogP contribution is 2.34. The van der Waals surface area contributed by atoms with Crippen molar-refractivity contribution in [3.05, 3.63) is 64.1 Å². The maximum Gasteiger partial charge on any atom is 0.294 e. The summed E-state index contributed by atoms with van der Waals surface area (Å²) in [5, 5.41) is 9.42. The maximum atomic E-state index is 12.7. The summed E-state index contributed by atoms with van der Waals surface area (Å²) in [4.78, 5) is 40.7. The van der Waals surface area contributed by atoms with Gasteiger partial charge in [0, 0.05) is 13.1 Å². The lowest BCUT2D eigenvalue weighted by Gasteiger charge is -2.29. The van der Waals surface area contributed by atoms with Gasteiger partial charge < -0.3 is 14.7 Å². The van der Waals surface area contributed by atoms with E-state index in [1.807, 2.05) is 18.2 Å². The third kappa shape index (κ3) is 3.91. The molecule has 0 aliphatic carbocycles. The average molecular weight is 424 g/mol. The second kappa shape index (κ2) is 8.23. The number of ether oxygens (including phenoxy) is 1. The number of nitrogens with zero attached hydrogens (tertiary/aromatic N) is 2. The Bertz CT molecular complexity index is 1070. The SMILES string of the molecule is COc1ccc(/C=C2\SC(=O)N(CC(=O)N3CCc4ccccc4C3)C2=O)cc1O. The number of methoxy groups -OCH3 is 1. The second-order valence-corrected chi connectivity index (χ2v) is 8.03. The third-order valence-corrected chi connectivity index (χ3v) is 6.06. The molecular weight excluding hydrogens is 404 g/mol. The number of rotatable bonds is 4. The quantitative estimate of drug-likeness (QED) is 0.760. The first-order valence-corrected chi connectivity index (χ1v) is 10.2. The van der Waals surface area contributed by atoms with Crippen LogP contribution < -0.4 is 4.74 Å². The van der Waals surface area contributed by atoms with Gasteiger partial charge in [-0.1, -0.05) is 30.3 Å². The van der Waals surface area contributed by atoms with Gasteiger partial charge in [0.15, 0.2) is 11.5 Å². The van der Waals surface area contributed by atoms with Crippen molar-refractivity contribution in [1.82, 2.24) is 9.80 Å². The fourth-order valence-corrected chi connectivity index (χ4v) is 4.37. The Morgan fingerprint density at radius 3 is 2.70 bits per heavy atom. The molecule has 0 aromatic heterocycles. The van der Waals surface area contributed by atoms with Crippen LogP contribution in [0.25, 0.3) is 6.08 Å². The zero-order valence-electron chi connectivity index (χ0n) is 16.3. The number of amides is 3. The molecule has 2 aromatic carbocycles. The highest BCUT2D eigenvalue weighted by Gasteiger charge is 2.37. The highest BCUT2D eigenvalue weighted by atomic mass is 32.2. The van der Waals surface area contributed by atoms with Crippen molar-refractivity contribution in [2.45, 2.75) is 13.0 Å². The first kappa shape index (κ1) is 20.0. The van der Waals surface area contributed by atoms with Gasteiger partial charge in [-0.25, -0.2) is 0 Å². The standard InChI is InChI=1S/C22H20N2O5S/c1-29-18-7-6-14(10-17(18)25)11-19-21(27)24(22(28)30-19)13-20(26)23-9-8-15-4-2-3-5-16(15)12-23/h2-7,10-11,25H,8-9,12-13H2,1H3/b19-11-. The molecule has 30 heavy (non-hydrogen) atoms. The third-order valence-electron chi connectivity index (χ3n) is 5.15. The Hall–Kier alpha value is -3.26. The van der Waals surface area contributed by atoms with E-state index in [0.29, 0.717) is 24.4 Å². The summed E-state index contributed by atoms with van der Waals surface area (Å²) in [6, 6.07) is 12.6. The molecule has 154 valence electrons. The molecule has 4 rings (SSSR count). The smallest absolute Gasteiger partial charge is 0.294 e. The van der Waals surface area contributed by atoms with Crippen molar-refractivity contribution in [2.75, 3.05) is 20.2 Å². The van der Waals surface area contributed by atoms with Crippen LogP contribution in [0.5, 0.6) is 11.5 Å². The molecule has 2 aliphatic rings. The van der Waals surface area contributed by atoms with Gasteiger partial charge in [0.1, 0.15) is 6.54 Å². The van der Waals surface area contributed by atoms with E-state index in [-0.39, 0.29) is 23.1 Å². The van der Waals surface area contributed by atoms with E-state index in [0.717, 1.165) is 28.6 Å². The molecule has 0 spiro atoms. The lowest BCUT2D eigenvalue weighted by atomic mass is 10.00. The molecule has 2 heterocycles. The fraction of sp³-hybridized carbons (Fsp3) is 0.227. The molecular formula is C22H20N2O5S. The van der Waals surface area contributed by atoms with E-state index in [2.05, 4.69) is 6.07 Å². The number of fused-ring (bicyclic) bond motifs is 1.